The second kappa shape index (κ2) is 6.11. The number of methoxy groups -OCH3 is 1. The highest BCUT2D eigenvalue weighted by molar-refractivity contribution is 9.10. The van der Waals surface area contributed by atoms with Crippen LogP contribution < -0.4 is 10.5 Å². The van der Waals surface area contributed by atoms with Crippen molar-refractivity contribution in [1.29, 1.82) is 0 Å². The number of nitrogens with one attached hydrogen (secondary N) is 1. The van der Waals surface area contributed by atoms with E-state index in [-0.39, 0.29) is 10.5 Å². The molecule has 0 bridgehead atoms. The molecule has 0 aromatic heterocycles. The zero-order valence-corrected chi connectivity index (χ0v) is 13.8. The quantitative estimate of drug-likeness (QED) is 0.807. The first-order valence-corrected chi connectivity index (χ1v) is 8.73. The van der Waals surface area contributed by atoms with Crippen LogP contribution in [0.25, 0.3) is 0 Å². The summed E-state index contributed by atoms with van der Waals surface area (Å²) in [6, 6.07) is 5.09. The number of ether oxygens (including phenoxy) is 1. The summed E-state index contributed by atoms with van der Waals surface area (Å²) in [6.07, 6.45) is 2.84. The SMILES string of the molecule is COC1(CNS(=O)(=O)c2cc(CN)ccc2Br)CCC1. The van der Waals surface area contributed by atoms with Gasteiger partial charge >= 0.3 is 0 Å². The Morgan fingerprint density at radius 1 is 1.45 bits per heavy atom. The maximum Gasteiger partial charge on any atom is 0.241 e. The molecule has 5 nitrogen and oxygen atoms in total. The smallest absolute Gasteiger partial charge is 0.241 e. The molecular weight excluding hydrogens is 344 g/mol. The van der Waals surface area contributed by atoms with Crippen molar-refractivity contribution in [1.82, 2.24) is 4.72 Å². The Morgan fingerprint density at radius 3 is 2.65 bits per heavy atom. The molecule has 1 aromatic rings. The zero-order chi connectivity index (χ0) is 14.8. The van der Waals surface area contributed by atoms with E-state index in [4.69, 9.17) is 10.5 Å². The topological polar surface area (TPSA) is 81.4 Å². The average Bonchev–Trinajstić information content (AvgIpc) is 2.38. The molecule has 0 spiro atoms. The lowest BCUT2D eigenvalue weighted by Crippen LogP contribution is -2.49. The summed E-state index contributed by atoms with van der Waals surface area (Å²) in [5, 5.41) is 0. The van der Waals surface area contributed by atoms with Gasteiger partial charge in [-0.2, -0.15) is 0 Å². The first-order chi connectivity index (χ1) is 9.42. The number of rotatable bonds is 6. The van der Waals surface area contributed by atoms with Crippen molar-refractivity contribution in [2.75, 3.05) is 13.7 Å². The monoisotopic (exact) mass is 362 g/mol. The second-order valence-corrected chi connectivity index (χ2v) is 7.62. The molecule has 20 heavy (non-hydrogen) atoms. The predicted molar refractivity (Wildman–Crippen MR) is 80.8 cm³/mol. The van der Waals surface area contributed by atoms with Gasteiger partial charge in [0.25, 0.3) is 0 Å². The van der Waals surface area contributed by atoms with Gasteiger partial charge in [-0.1, -0.05) is 6.07 Å². The summed E-state index contributed by atoms with van der Waals surface area (Å²) in [4.78, 5) is 0.214. The molecule has 1 aromatic carbocycles. The van der Waals surface area contributed by atoms with Crippen LogP contribution in [-0.4, -0.2) is 27.7 Å². The Labute approximate surface area is 128 Å². The molecule has 0 saturated heterocycles. The van der Waals surface area contributed by atoms with E-state index in [1.807, 2.05) is 0 Å². The van der Waals surface area contributed by atoms with Gasteiger partial charge < -0.3 is 10.5 Å². The van der Waals surface area contributed by atoms with E-state index in [0.717, 1.165) is 24.8 Å². The standard InChI is InChI=1S/C13H19BrN2O3S/c1-19-13(5-2-6-13)9-16-20(17,18)12-7-10(8-15)3-4-11(12)14/h3-4,7,16H,2,5-6,8-9,15H2,1H3. The molecule has 7 heteroatoms. The summed E-state index contributed by atoms with van der Waals surface area (Å²) in [5.41, 5.74) is 5.99. The van der Waals surface area contributed by atoms with Crippen molar-refractivity contribution in [2.24, 2.45) is 5.73 Å². The number of hydrogen-bond donors (Lipinski definition) is 2. The summed E-state index contributed by atoms with van der Waals surface area (Å²) in [6.45, 7) is 0.600. The first-order valence-electron chi connectivity index (χ1n) is 6.46. The van der Waals surface area contributed by atoms with Crippen molar-refractivity contribution in [3.05, 3.63) is 28.2 Å². The Balaban J connectivity index is 2.18. The van der Waals surface area contributed by atoms with E-state index in [0.29, 0.717) is 17.6 Å². The molecule has 2 rings (SSSR count). The zero-order valence-electron chi connectivity index (χ0n) is 11.4. The largest absolute Gasteiger partial charge is 0.377 e. The fourth-order valence-electron chi connectivity index (χ4n) is 2.21. The van der Waals surface area contributed by atoms with Crippen LogP contribution in [0.2, 0.25) is 0 Å². The molecule has 1 fully saturated rings. The van der Waals surface area contributed by atoms with Crippen LogP contribution in [0.15, 0.2) is 27.6 Å². The van der Waals surface area contributed by atoms with E-state index < -0.39 is 10.0 Å². The minimum atomic E-state index is -3.58. The van der Waals surface area contributed by atoms with Gasteiger partial charge in [-0.05, 0) is 52.9 Å². The van der Waals surface area contributed by atoms with Gasteiger partial charge in [-0.3, -0.25) is 0 Å². The Kier molecular flexibility index (Phi) is 4.86. The molecule has 0 amide bonds. The summed E-state index contributed by atoms with van der Waals surface area (Å²) in [5.74, 6) is 0. The molecule has 0 unspecified atom stereocenters. The van der Waals surface area contributed by atoms with Crippen molar-refractivity contribution < 1.29 is 13.2 Å². The van der Waals surface area contributed by atoms with Gasteiger partial charge in [0.05, 0.1) is 10.5 Å². The lowest BCUT2D eigenvalue weighted by atomic mass is 9.80. The van der Waals surface area contributed by atoms with E-state index in [1.54, 1.807) is 25.3 Å². The minimum Gasteiger partial charge on any atom is -0.377 e. The van der Waals surface area contributed by atoms with Crippen LogP contribution >= 0.6 is 15.9 Å². The lowest BCUT2D eigenvalue weighted by Gasteiger charge is -2.40. The predicted octanol–water partition coefficient (Wildman–Crippen LogP) is 1.76. The molecule has 112 valence electrons. The fraction of sp³-hybridized carbons (Fsp3) is 0.538. The summed E-state index contributed by atoms with van der Waals surface area (Å²) >= 11 is 3.27. The normalized spacial score (nSPS) is 17.8. The van der Waals surface area contributed by atoms with Crippen LogP contribution in [0.1, 0.15) is 24.8 Å². The average molecular weight is 363 g/mol. The molecule has 1 saturated carbocycles. The highest BCUT2D eigenvalue weighted by Crippen LogP contribution is 2.34. The summed E-state index contributed by atoms with van der Waals surface area (Å²) in [7, 11) is -1.95. The molecule has 1 aliphatic carbocycles. The van der Waals surface area contributed by atoms with Crippen LogP contribution in [-0.2, 0) is 21.3 Å². The van der Waals surface area contributed by atoms with Gasteiger partial charge in [0.1, 0.15) is 0 Å². The first kappa shape index (κ1) is 15.9. The molecule has 1 aliphatic rings. The van der Waals surface area contributed by atoms with E-state index in [9.17, 15) is 8.42 Å². The van der Waals surface area contributed by atoms with E-state index in [2.05, 4.69) is 20.7 Å². The Morgan fingerprint density at radius 2 is 2.15 bits per heavy atom. The van der Waals surface area contributed by atoms with Gasteiger partial charge in [0.15, 0.2) is 0 Å². The van der Waals surface area contributed by atoms with Crippen LogP contribution in [0.3, 0.4) is 0 Å². The third kappa shape index (κ3) is 3.23. The van der Waals surface area contributed by atoms with Gasteiger partial charge in [-0.25, -0.2) is 13.1 Å². The third-order valence-electron chi connectivity index (χ3n) is 3.80. The highest BCUT2D eigenvalue weighted by atomic mass is 79.9. The number of benzene rings is 1. The van der Waals surface area contributed by atoms with Crippen molar-refractivity contribution in [2.45, 2.75) is 36.3 Å². The van der Waals surface area contributed by atoms with Crippen molar-refractivity contribution in [3.63, 3.8) is 0 Å². The van der Waals surface area contributed by atoms with Gasteiger partial charge in [-0.15, -0.1) is 0 Å². The second-order valence-electron chi connectivity index (χ2n) is 5.03. The molecule has 0 aliphatic heterocycles. The summed E-state index contributed by atoms with van der Waals surface area (Å²) < 4.78 is 33.4. The Hall–Kier alpha value is -0.470. The number of sulfonamides is 1. The molecule has 0 atom stereocenters. The molecular formula is C13H19BrN2O3S. The number of halogens is 1. The fourth-order valence-corrected chi connectivity index (χ4v) is 4.33. The van der Waals surface area contributed by atoms with Crippen molar-refractivity contribution in [3.8, 4) is 0 Å². The Bertz CT molecular complexity index is 580. The van der Waals surface area contributed by atoms with E-state index in [1.165, 1.54) is 0 Å². The minimum absolute atomic E-state index is 0.214. The van der Waals surface area contributed by atoms with Gasteiger partial charge in [0, 0.05) is 24.7 Å². The third-order valence-corrected chi connectivity index (χ3v) is 6.20. The molecule has 0 radical (unpaired) electrons. The molecule has 0 heterocycles. The maximum absolute atomic E-state index is 12.4. The number of hydrogen-bond acceptors (Lipinski definition) is 4. The highest BCUT2D eigenvalue weighted by Gasteiger charge is 2.38. The maximum atomic E-state index is 12.4. The van der Waals surface area contributed by atoms with E-state index >= 15 is 0 Å². The molecule has 3 N–H and O–H groups in total. The van der Waals surface area contributed by atoms with Crippen molar-refractivity contribution >= 4 is 26.0 Å². The van der Waals surface area contributed by atoms with Crippen LogP contribution in [0.5, 0.6) is 0 Å². The lowest BCUT2D eigenvalue weighted by molar-refractivity contribution is -0.0659. The number of nitrogens with two attached hydrogens (primary N) is 1. The van der Waals surface area contributed by atoms with Crippen LogP contribution in [0, 0.1) is 0 Å². The van der Waals surface area contributed by atoms with Gasteiger partial charge in [0.2, 0.25) is 10.0 Å². The van der Waals surface area contributed by atoms with Crippen LogP contribution in [0.4, 0.5) is 0 Å².